The fourth-order valence-corrected chi connectivity index (χ4v) is 1.99. The number of carbonyl (C=O) groups is 3. The van der Waals surface area contributed by atoms with Gasteiger partial charge in [0, 0.05) is 18.5 Å². The van der Waals surface area contributed by atoms with Gasteiger partial charge in [-0.25, -0.2) is 14.6 Å². The number of H-pyrrole nitrogens is 1. The van der Waals surface area contributed by atoms with E-state index in [0.717, 1.165) is 0 Å². The molecule has 0 aliphatic heterocycles. The minimum Gasteiger partial charge on any atom is -0.528 e. The molecule has 0 aliphatic rings. The molecule has 0 atom stereocenters. The van der Waals surface area contributed by atoms with Crippen LogP contribution in [-0.4, -0.2) is 70.8 Å². The molecule has 4 radical (unpaired) electrons. The van der Waals surface area contributed by atoms with Gasteiger partial charge in [-0.05, 0) is 6.92 Å². The molecule has 1 heterocycles. The third kappa shape index (κ3) is 9.90. The van der Waals surface area contributed by atoms with Crippen LogP contribution < -0.4 is 27.0 Å². The monoisotopic (exact) mass is 422 g/mol. The van der Waals surface area contributed by atoms with Crippen molar-refractivity contribution in [3.05, 3.63) is 21.6 Å². The molecule has 0 aliphatic carbocycles. The number of anilines is 1. The van der Waals surface area contributed by atoms with Crippen molar-refractivity contribution < 1.29 is 33.3 Å². The summed E-state index contributed by atoms with van der Waals surface area (Å²) in [5, 5.41) is 6.68. The van der Waals surface area contributed by atoms with Crippen molar-refractivity contribution in [2.24, 2.45) is 0 Å². The van der Waals surface area contributed by atoms with Crippen LogP contribution in [0.3, 0.4) is 0 Å². The Bertz CT molecular complexity index is 777. The Morgan fingerprint density at radius 1 is 1.20 bits per heavy atom. The van der Waals surface area contributed by atoms with Gasteiger partial charge < -0.3 is 24.7 Å². The lowest BCUT2D eigenvalue weighted by Gasteiger charge is -2.10. The first-order chi connectivity index (χ1) is 14.4. The number of aromatic nitrogens is 2. The van der Waals surface area contributed by atoms with Crippen LogP contribution in [0.15, 0.2) is 4.79 Å². The predicted octanol–water partition coefficient (Wildman–Crippen LogP) is -1.98. The van der Waals surface area contributed by atoms with E-state index >= 15 is 0 Å². The van der Waals surface area contributed by atoms with Crippen molar-refractivity contribution in [2.75, 3.05) is 31.9 Å². The second-order valence-corrected chi connectivity index (χ2v) is 5.41. The highest BCUT2D eigenvalue weighted by Gasteiger charge is 2.11. The number of urea groups is 1. The zero-order chi connectivity index (χ0) is 22.4. The molecule has 1 rings (SSSR count). The first-order valence-electron chi connectivity index (χ1n) is 8.48. The molecule has 0 aromatic carbocycles. The number of aromatic amines is 1. The summed E-state index contributed by atoms with van der Waals surface area (Å²) in [6, 6.07) is -0.743. The molecule has 1 aromatic rings. The average Bonchev–Trinajstić information content (AvgIpc) is 2.69. The standard InChI is InChI=1S/C14H20B2N6O8/c1-8-9(3-5-27-10(23)2-4-19-29-7-28-15)11(24)21-12(20-8)22-13(25)17-6-18-14(26)30-16/h19H,2-7H2,1H3,(H,18,26)(H3,17,20,21,22,24,25). The molecule has 0 spiro atoms. The maximum Gasteiger partial charge on any atom is 0.389 e. The van der Waals surface area contributed by atoms with Gasteiger partial charge in [0.05, 0.1) is 25.4 Å². The van der Waals surface area contributed by atoms with Gasteiger partial charge in [0.25, 0.3) is 13.6 Å². The molecule has 5 N–H and O–H groups in total. The normalized spacial score (nSPS) is 10.2. The number of carbonyl (C=O) groups excluding carboxylic acids is 3. The highest BCUT2D eigenvalue weighted by molar-refractivity contribution is 6.05. The van der Waals surface area contributed by atoms with Crippen LogP contribution in [0, 0.1) is 6.92 Å². The average molecular weight is 422 g/mol. The highest BCUT2D eigenvalue weighted by Crippen LogP contribution is 2.04. The fourth-order valence-electron chi connectivity index (χ4n) is 1.99. The Hall–Kier alpha value is -3.10. The van der Waals surface area contributed by atoms with Crippen LogP contribution in [0.2, 0.25) is 0 Å². The number of ether oxygens (including phenoxy) is 1. The Balaban J connectivity index is 2.43. The number of rotatable bonds is 12. The Kier molecular flexibility index (Phi) is 11.6. The number of hydroxylamine groups is 1. The molecule has 14 nitrogen and oxygen atoms in total. The highest BCUT2D eigenvalue weighted by atomic mass is 16.7. The zero-order valence-electron chi connectivity index (χ0n) is 16.1. The smallest absolute Gasteiger partial charge is 0.389 e. The Labute approximate surface area is 173 Å². The Morgan fingerprint density at radius 2 is 1.97 bits per heavy atom. The number of amides is 3. The lowest BCUT2D eigenvalue weighted by Crippen LogP contribution is -2.40. The second-order valence-electron chi connectivity index (χ2n) is 5.41. The van der Waals surface area contributed by atoms with Crippen LogP contribution in [0.4, 0.5) is 15.5 Å². The van der Waals surface area contributed by atoms with E-state index in [0.29, 0.717) is 11.3 Å². The van der Waals surface area contributed by atoms with Crippen LogP contribution in [-0.2, 0) is 30.1 Å². The van der Waals surface area contributed by atoms with Crippen LogP contribution in [0.1, 0.15) is 17.7 Å². The quantitative estimate of drug-likeness (QED) is 0.0833. The molecule has 0 saturated heterocycles. The minimum atomic E-state index is -0.937. The molecule has 16 heteroatoms. The van der Waals surface area contributed by atoms with Gasteiger partial charge >= 0.3 is 26.1 Å². The van der Waals surface area contributed by atoms with Crippen LogP contribution in [0.25, 0.3) is 0 Å². The van der Waals surface area contributed by atoms with Crippen molar-refractivity contribution in [1.82, 2.24) is 26.1 Å². The second kappa shape index (κ2) is 14.0. The predicted molar refractivity (Wildman–Crippen MR) is 102 cm³/mol. The van der Waals surface area contributed by atoms with E-state index < -0.39 is 23.7 Å². The lowest BCUT2D eigenvalue weighted by atomic mass is 10.2. The van der Waals surface area contributed by atoms with Gasteiger partial charge in [0.15, 0.2) is 6.79 Å². The number of esters is 1. The number of hydrogen-bond donors (Lipinski definition) is 5. The van der Waals surface area contributed by atoms with Gasteiger partial charge in [0.1, 0.15) is 0 Å². The third-order valence-corrected chi connectivity index (χ3v) is 3.32. The van der Waals surface area contributed by atoms with Crippen molar-refractivity contribution in [3.8, 4) is 0 Å². The first-order valence-corrected chi connectivity index (χ1v) is 8.48. The molecule has 0 bridgehead atoms. The van der Waals surface area contributed by atoms with Crippen LogP contribution >= 0.6 is 0 Å². The summed E-state index contributed by atoms with van der Waals surface area (Å²) in [5.41, 5.74) is 2.57. The first kappa shape index (κ1) is 24.9. The summed E-state index contributed by atoms with van der Waals surface area (Å²) in [6.07, 6.45) is -0.773. The summed E-state index contributed by atoms with van der Waals surface area (Å²) in [6.45, 7) is 1.28. The SMILES string of the molecule is [B]OCONCCC(=O)OCCc1c(C)nc(NC(=O)NCNC(=O)O[B])[nH]c1=O. The zero-order valence-corrected chi connectivity index (χ0v) is 16.1. The van der Waals surface area contributed by atoms with Gasteiger partial charge in [-0.15, -0.1) is 0 Å². The maximum absolute atomic E-state index is 12.2. The van der Waals surface area contributed by atoms with Crippen molar-refractivity contribution in [2.45, 2.75) is 19.8 Å². The maximum atomic E-state index is 12.2. The van der Waals surface area contributed by atoms with Crippen LogP contribution in [0.5, 0.6) is 0 Å². The summed E-state index contributed by atoms with van der Waals surface area (Å²) in [5.74, 6) is -0.603. The van der Waals surface area contributed by atoms with Gasteiger partial charge in [0.2, 0.25) is 5.95 Å². The number of aryl methyl sites for hydroxylation is 1. The number of nitrogens with zero attached hydrogens (tertiary/aromatic N) is 1. The fraction of sp³-hybridized carbons (Fsp3) is 0.500. The van der Waals surface area contributed by atoms with Crippen molar-refractivity contribution in [1.29, 1.82) is 0 Å². The number of hydrogen-bond acceptors (Lipinski definition) is 10. The van der Waals surface area contributed by atoms with Gasteiger partial charge in [-0.3, -0.25) is 24.7 Å². The Morgan fingerprint density at radius 3 is 2.63 bits per heavy atom. The van der Waals surface area contributed by atoms with E-state index in [1.54, 1.807) is 6.92 Å². The molecule has 0 fully saturated rings. The summed E-state index contributed by atoms with van der Waals surface area (Å²) >= 11 is 0. The molecular weight excluding hydrogens is 402 g/mol. The van der Waals surface area contributed by atoms with E-state index in [4.69, 9.17) is 17.6 Å². The van der Waals surface area contributed by atoms with Crippen molar-refractivity contribution >= 4 is 40.1 Å². The summed E-state index contributed by atoms with van der Waals surface area (Å²) in [4.78, 5) is 57.4. The molecule has 30 heavy (non-hydrogen) atoms. The third-order valence-electron chi connectivity index (χ3n) is 3.32. The molecular formula is C14H20B2N6O8. The largest absolute Gasteiger partial charge is 0.528 e. The van der Waals surface area contributed by atoms with Gasteiger partial charge in [-0.2, -0.15) is 5.48 Å². The minimum absolute atomic E-state index is 0.0344. The van der Waals surface area contributed by atoms with E-state index in [2.05, 4.69) is 48.8 Å². The summed E-state index contributed by atoms with van der Waals surface area (Å²) in [7, 11) is 9.36. The topological polar surface area (TPSA) is 182 Å². The number of nitrogens with one attached hydrogen (secondary N) is 5. The lowest BCUT2D eigenvalue weighted by molar-refractivity contribution is -0.144. The molecule has 160 valence electrons. The molecule has 0 saturated carbocycles. The molecule has 0 unspecified atom stereocenters. The van der Waals surface area contributed by atoms with Crippen molar-refractivity contribution in [3.63, 3.8) is 0 Å². The molecule has 3 amide bonds. The van der Waals surface area contributed by atoms with E-state index in [-0.39, 0.29) is 45.4 Å². The molecule has 1 aromatic heterocycles. The van der Waals surface area contributed by atoms with E-state index in [1.807, 2.05) is 0 Å². The van der Waals surface area contributed by atoms with E-state index in [1.165, 1.54) is 0 Å². The van der Waals surface area contributed by atoms with E-state index in [9.17, 15) is 19.2 Å². The van der Waals surface area contributed by atoms with Gasteiger partial charge in [-0.1, -0.05) is 0 Å². The summed E-state index contributed by atoms with van der Waals surface area (Å²) < 4.78 is 13.0.